The smallest absolute Gasteiger partial charge is 0.229 e. The van der Waals surface area contributed by atoms with E-state index in [2.05, 4.69) is 44.4 Å². The normalized spacial score (nSPS) is 13.5. The number of amides is 1. The van der Waals surface area contributed by atoms with Crippen molar-refractivity contribution in [3.05, 3.63) is 78.3 Å². The van der Waals surface area contributed by atoms with Gasteiger partial charge in [0.05, 0.1) is 12.6 Å². The van der Waals surface area contributed by atoms with Crippen molar-refractivity contribution in [2.24, 2.45) is 12.8 Å². The average molecular weight is 446 g/mol. The van der Waals surface area contributed by atoms with Gasteiger partial charge in [-0.05, 0) is 55.5 Å². The molecule has 3 aromatic heterocycles. The maximum atomic E-state index is 12.0. The molecule has 172 valence electrons. The van der Waals surface area contributed by atoms with Crippen LogP contribution in [0.5, 0.6) is 0 Å². The first kappa shape index (κ1) is 24.0. The molecule has 1 aliphatic carbocycles. The summed E-state index contributed by atoms with van der Waals surface area (Å²) < 4.78 is 1.75. The van der Waals surface area contributed by atoms with E-state index in [0.29, 0.717) is 24.7 Å². The summed E-state index contributed by atoms with van der Waals surface area (Å²) >= 11 is 0. The zero-order valence-corrected chi connectivity index (χ0v) is 19.4. The first-order valence-corrected chi connectivity index (χ1v) is 11.0. The minimum atomic E-state index is -0.0422. The summed E-state index contributed by atoms with van der Waals surface area (Å²) in [5, 5.41) is 6.96. The Morgan fingerprint density at radius 3 is 2.48 bits per heavy atom. The summed E-state index contributed by atoms with van der Waals surface area (Å²) in [5.74, 6) is 1.69. The third-order valence-electron chi connectivity index (χ3n) is 5.23. The highest BCUT2D eigenvalue weighted by Gasteiger charge is 2.08. The second kappa shape index (κ2) is 11.8. The minimum Gasteiger partial charge on any atom is -0.330 e. The number of carbonyl (C=O) groups is 1. The second-order valence-corrected chi connectivity index (χ2v) is 8.02. The van der Waals surface area contributed by atoms with E-state index >= 15 is 0 Å². The van der Waals surface area contributed by atoms with Crippen LogP contribution in [0.25, 0.3) is 11.1 Å². The Morgan fingerprint density at radius 1 is 1.12 bits per heavy atom. The average Bonchev–Trinajstić information content (AvgIpc) is 3.27. The second-order valence-electron chi connectivity index (χ2n) is 8.02. The SMILES string of the molecule is Cc1ncc(C(C)CN)cn1.Cn1cc(-c2ccc(NC(=O)CC3=CCCC=C3)nc2)cn1. The largest absolute Gasteiger partial charge is 0.330 e. The standard InChI is InChI=1S/C17H18N4O.C8H13N3/c1-21-12-15(11-19-21)14-7-8-16(18-10-14)20-17(22)9-13-5-3-2-4-6-13;1-6(3-9)8-4-10-7(2)11-5-8/h3,5-8,10-12H,2,4,9H2,1H3,(H,18,20,22);4-6H,3,9H2,1-2H3. The highest BCUT2D eigenvalue weighted by molar-refractivity contribution is 5.91. The summed E-state index contributed by atoms with van der Waals surface area (Å²) in [6, 6.07) is 3.74. The molecule has 0 aliphatic heterocycles. The Morgan fingerprint density at radius 2 is 1.91 bits per heavy atom. The van der Waals surface area contributed by atoms with E-state index in [-0.39, 0.29) is 5.91 Å². The van der Waals surface area contributed by atoms with Crippen molar-refractivity contribution >= 4 is 11.7 Å². The molecule has 0 radical (unpaired) electrons. The van der Waals surface area contributed by atoms with E-state index in [1.165, 1.54) is 0 Å². The molecule has 3 heterocycles. The number of aryl methyl sites for hydroxylation is 2. The van der Waals surface area contributed by atoms with Gasteiger partial charge in [-0.3, -0.25) is 9.48 Å². The van der Waals surface area contributed by atoms with Crippen LogP contribution in [-0.4, -0.2) is 37.2 Å². The fourth-order valence-corrected chi connectivity index (χ4v) is 3.17. The molecule has 0 fully saturated rings. The lowest BCUT2D eigenvalue weighted by atomic mass is 10.0. The molecule has 33 heavy (non-hydrogen) atoms. The topological polar surface area (TPSA) is 112 Å². The first-order valence-electron chi connectivity index (χ1n) is 11.0. The quantitative estimate of drug-likeness (QED) is 0.594. The minimum absolute atomic E-state index is 0.0422. The third kappa shape index (κ3) is 7.47. The van der Waals surface area contributed by atoms with E-state index in [4.69, 9.17) is 5.73 Å². The fraction of sp³-hybridized carbons (Fsp3) is 0.320. The highest BCUT2D eigenvalue weighted by Crippen LogP contribution is 2.19. The van der Waals surface area contributed by atoms with Crippen molar-refractivity contribution in [3.63, 3.8) is 0 Å². The Kier molecular flexibility index (Phi) is 8.60. The predicted molar refractivity (Wildman–Crippen MR) is 130 cm³/mol. The van der Waals surface area contributed by atoms with Crippen molar-refractivity contribution in [2.45, 2.75) is 39.0 Å². The molecule has 0 saturated heterocycles. The molecule has 3 aromatic rings. The van der Waals surface area contributed by atoms with E-state index in [0.717, 1.165) is 40.9 Å². The summed E-state index contributed by atoms with van der Waals surface area (Å²) in [7, 11) is 1.87. The van der Waals surface area contributed by atoms with Crippen LogP contribution in [0.4, 0.5) is 5.82 Å². The molecule has 0 bridgehead atoms. The lowest BCUT2D eigenvalue weighted by Crippen LogP contribution is -2.13. The van der Waals surface area contributed by atoms with Crippen molar-refractivity contribution in [2.75, 3.05) is 11.9 Å². The highest BCUT2D eigenvalue weighted by atomic mass is 16.1. The molecule has 0 aromatic carbocycles. The zero-order valence-electron chi connectivity index (χ0n) is 19.4. The summed E-state index contributed by atoms with van der Waals surface area (Å²) in [4.78, 5) is 24.5. The molecule has 1 aliphatic rings. The van der Waals surface area contributed by atoms with Gasteiger partial charge < -0.3 is 11.1 Å². The van der Waals surface area contributed by atoms with Crippen LogP contribution in [0, 0.1) is 6.92 Å². The van der Waals surface area contributed by atoms with Gasteiger partial charge in [0.2, 0.25) is 5.91 Å². The van der Waals surface area contributed by atoms with Crippen LogP contribution in [0.2, 0.25) is 0 Å². The van der Waals surface area contributed by atoms with Crippen molar-refractivity contribution in [1.29, 1.82) is 0 Å². The van der Waals surface area contributed by atoms with Crippen LogP contribution in [-0.2, 0) is 11.8 Å². The van der Waals surface area contributed by atoms with E-state index < -0.39 is 0 Å². The lowest BCUT2D eigenvalue weighted by Gasteiger charge is -2.08. The number of pyridine rings is 1. The molecular weight excluding hydrogens is 414 g/mol. The number of carbonyl (C=O) groups excluding carboxylic acids is 1. The Labute approximate surface area is 194 Å². The molecule has 1 atom stereocenters. The van der Waals surface area contributed by atoms with Gasteiger partial charge in [-0.2, -0.15) is 5.10 Å². The molecule has 8 heteroatoms. The van der Waals surface area contributed by atoms with Crippen LogP contribution < -0.4 is 11.1 Å². The predicted octanol–water partition coefficient (Wildman–Crippen LogP) is 3.93. The van der Waals surface area contributed by atoms with E-state index in [1.54, 1.807) is 17.1 Å². The summed E-state index contributed by atoms with van der Waals surface area (Å²) in [6.07, 6.45) is 17.8. The Hall–Kier alpha value is -3.65. The Balaban J connectivity index is 0.000000235. The van der Waals surface area contributed by atoms with Crippen LogP contribution in [0.3, 0.4) is 0 Å². The van der Waals surface area contributed by atoms with Crippen molar-refractivity contribution in [1.82, 2.24) is 24.7 Å². The number of hydrogen-bond acceptors (Lipinski definition) is 6. The van der Waals surface area contributed by atoms with Crippen LogP contribution >= 0.6 is 0 Å². The number of nitrogens with one attached hydrogen (secondary N) is 1. The van der Waals surface area contributed by atoms with E-state index in [9.17, 15) is 4.79 Å². The molecule has 3 N–H and O–H groups in total. The fourth-order valence-electron chi connectivity index (χ4n) is 3.17. The first-order chi connectivity index (χ1) is 15.9. The van der Waals surface area contributed by atoms with Gasteiger partial charge in [0.25, 0.3) is 0 Å². The van der Waals surface area contributed by atoms with Crippen molar-refractivity contribution in [3.8, 4) is 11.1 Å². The van der Waals surface area contributed by atoms with Gasteiger partial charge in [-0.25, -0.2) is 15.0 Å². The van der Waals surface area contributed by atoms with Gasteiger partial charge in [-0.15, -0.1) is 0 Å². The maximum Gasteiger partial charge on any atom is 0.229 e. The lowest BCUT2D eigenvalue weighted by molar-refractivity contribution is -0.115. The molecule has 0 saturated carbocycles. The number of rotatable bonds is 6. The van der Waals surface area contributed by atoms with Gasteiger partial charge in [-0.1, -0.05) is 25.2 Å². The summed E-state index contributed by atoms with van der Waals surface area (Å²) in [5.41, 5.74) is 9.64. The van der Waals surface area contributed by atoms with Gasteiger partial charge >= 0.3 is 0 Å². The van der Waals surface area contributed by atoms with Crippen LogP contribution in [0.15, 0.2) is 66.9 Å². The summed E-state index contributed by atoms with van der Waals surface area (Å²) in [6.45, 7) is 4.58. The molecule has 1 amide bonds. The number of nitrogens with zero attached hydrogens (tertiary/aromatic N) is 5. The number of hydrogen-bond donors (Lipinski definition) is 2. The zero-order chi connectivity index (χ0) is 23.6. The number of allylic oxidation sites excluding steroid dienone is 3. The monoisotopic (exact) mass is 445 g/mol. The third-order valence-corrected chi connectivity index (χ3v) is 5.23. The van der Waals surface area contributed by atoms with Crippen LogP contribution in [0.1, 0.15) is 43.5 Å². The molecule has 1 unspecified atom stereocenters. The molecule has 0 spiro atoms. The van der Waals surface area contributed by atoms with Crippen molar-refractivity contribution < 1.29 is 4.79 Å². The molecule has 8 nitrogen and oxygen atoms in total. The maximum absolute atomic E-state index is 12.0. The number of nitrogens with two attached hydrogens (primary N) is 1. The number of aromatic nitrogens is 5. The van der Waals surface area contributed by atoms with E-state index in [1.807, 2.05) is 50.8 Å². The molecule has 4 rings (SSSR count). The Bertz CT molecular complexity index is 1100. The van der Waals surface area contributed by atoms with Gasteiger partial charge in [0, 0.05) is 43.0 Å². The van der Waals surface area contributed by atoms with Gasteiger partial charge in [0.1, 0.15) is 11.6 Å². The molecular formula is C25H31N7O. The number of anilines is 1. The van der Waals surface area contributed by atoms with Gasteiger partial charge in [0.15, 0.2) is 0 Å².